The van der Waals surface area contributed by atoms with Crippen molar-refractivity contribution in [3.63, 3.8) is 0 Å². The van der Waals surface area contributed by atoms with Crippen LogP contribution in [0.5, 0.6) is 0 Å². The van der Waals surface area contributed by atoms with Gasteiger partial charge in [-0.25, -0.2) is 0 Å². The first kappa shape index (κ1) is 47.0. The van der Waals surface area contributed by atoms with Gasteiger partial charge < -0.3 is 4.74 Å². The molecule has 0 aliphatic rings. The van der Waals surface area contributed by atoms with Crippen molar-refractivity contribution in [3.05, 3.63) is 175 Å². The Labute approximate surface area is 379 Å². The molecule has 1 unspecified atom stereocenters. The maximum absolute atomic E-state index is 4.99. The van der Waals surface area contributed by atoms with Crippen LogP contribution < -0.4 is 0 Å². The third-order valence-corrected chi connectivity index (χ3v) is 13.9. The molecular weight excluding hydrogens is 761 g/mol. The molecule has 0 aliphatic heterocycles. The van der Waals surface area contributed by atoms with Gasteiger partial charge in [0.05, 0.1) is 6.10 Å². The van der Waals surface area contributed by atoms with E-state index in [1.807, 2.05) is 6.07 Å². The topological polar surface area (TPSA) is 9.23 Å². The Morgan fingerprint density at radius 1 is 0.333 bits per heavy atom. The molecule has 0 radical (unpaired) electrons. The molecule has 0 spiro atoms. The summed E-state index contributed by atoms with van der Waals surface area (Å²) in [7, 11) is 1.75. The largest absolute Gasteiger partial charge is 0.382 e. The fourth-order valence-electron chi connectivity index (χ4n) is 8.81. The minimum atomic E-state index is 0.449. The average Bonchev–Trinajstić information content (AvgIpc) is 3.26. The van der Waals surface area contributed by atoms with Gasteiger partial charge in [0.1, 0.15) is 0 Å². The molecule has 1 atom stereocenters. The highest BCUT2D eigenvalue weighted by Crippen LogP contribution is 2.40. The molecule has 1 heteroatoms. The Balaban J connectivity index is 0.000000159. The van der Waals surface area contributed by atoms with Crippen LogP contribution in [0.4, 0.5) is 0 Å². The molecule has 0 heterocycles. The predicted octanol–water partition coefficient (Wildman–Crippen LogP) is 18.1. The van der Waals surface area contributed by atoms with Gasteiger partial charge in [-0.15, -0.1) is 0 Å². The van der Waals surface area contributed by atoms with Crippen LogP contribution in [-0.4, -0.2) is 13.2 Å². The number of ether oxygens (including phenoxy) is 1. The lowest BCUT2D eigenvalue weighted by Crippen LogP contribution is -2.02. The lowest BCUT2D eigenvalue weighted by Gasteiger charge is -2.16. The van der Waals surface area contributed by atoms with Gasteiger partial charge in [0.25, 0.3) is 0 Å². The highest BCUT2D eigenvalue weighted by atomic mass is 16.5. The Kier molecular flexibility index (Phi) is 14.8. The summed E-state index contributed by atoms with van der Waals surface area (Å²) in [5, 5.41) is 16.6. The van der Waals surface area contributed by atoms with E-state index in [2.05, 4.69) is 201 Å². The van der Waals surface area contributed by atoms with Crippen LogP contribution in [0.3, 0.4) is 0 Å². The van der Waals surface area contributed by atoms with E-state index in [9.17, 15) is 0 Å². The second-order valence-electron chi connectivity index (χ2n) is 18.6. The normalized spacial score (nSPS) is 11.7. The molecule has 9 rings (SSSR count). The van der Waals surface area contributed by atoms with E-state index in [0.29, 0.717) is 6.10 Å². The van der Waals surface area contributed by atoms with Crippen LogP contribution in [0.2, 0.25) is 0 Å². The van der Waals surface area contributed by atoms with Gasteiger partial charge in [0.15, 0.2) is 0 Å². The minimum absolute atomic E-state index is 0.449. The van der Waals surface area contributed by atoms with Gasteiger partial charge in [0, 0.05) is 7.11 Å². The number of aryl methyl sites for hydroxylation is 13. The lowest BCUT2D eigenvalue weighted by molar-refractivity contribution is 0.110. The quantitative estimate of drug-likeness (QED) is 0.161. The second-order valence-corrected chi connectivity index (χ2v) is 18.6. The van der Waals surface area contributed by atoms with Gasteiger partial charge in [-0.1, -0.05) is 123 Å². The fourth-order valence-corrected chi connectivity index (χ4v) is 8.81. The molecule has 0 N–H and O–H groups in total. The van der Waals surface area contributed by atoms with Gasteiger partial charge in [-0.05, 0) is 240 Å². The third kappa shape index (κ3) is 10.0. The first-order valence-corrected chi connectivity index (χ1v) is 23.2. The maximum Gasteiger partial charge on any atom is 0.0543 e. The zero-order chi connectivity index (χ0) is 45.9. The highest BCUT2D eigenvalue weighted by molar-refractivity contribution is 6.27. The van der Waals surface area contributed by atoms with Crippen molar-refractivity contribution in [1.29, 1.82) is 0 Å². The van der Waals surface area contributed by atoms with Gasteiger partial charge in [-0.2, -0.15) is 0 Å². The number of benzene rings is 9. The molecule has 0 bridgehead atoms. The average molecular weight is 833 g/mol. The number of fused-ring (bicyclic) bond motifs is 12. The van der Waals surface area contributed by atoms with E-state index in [-0.39, 0.29) is 0 Å². The van der Waals surface area contributed by atoms with Gasteiger partial charge in [-0.3, -0.25) is 0 Å². The summed E-state index contributed by atoms with van der Waals surface area (Å²) < 4.78 is 4.99. The molecule has 0 amide bonds. The summed E-state index contributed by atoms with van der Waals surface area (Å²) in [5.74, 6) is 0. The first-order chi connectivity index (χ1) is 30.0. The Morgan fingerprint density at radius 3 is 0.635 bits per heavy atom. The van der Waals surface area contributed by atoms with Gasteiger partial charge in [0.2, 0.25) is 0 Å². The number of hydrogen-bond acceptors (Lipinski definition) is 1. The zero-order valence-electron chi connectivity index (χ0n) is 41.4. The summed E-state index contributed by atoms with van der Waals surface area (Å²) in [4.78, 5) is 0. The zero-order valence-corrected chi connectivity index (χ0v) is 41.4. The monoisotopic (exact) mass is 833 g/mol. The predicted molar refractivity (Wildman–Crippen MR) is 282 cm³/mol. The summed E-state index contributed by atoms with van der Waals surface area (Å²) in [6.45, 7) is 33.0. The van der Waals surface area contributed by atoms with E-state index < -0.39 is 0 Å². The van der Waals surface area contributed by atoms with Crippen molar-refractivity contribution in [1.82, 2.24) is 0 Å². The first-order valence-electron chi connectivity index (χ1n) is 23.2. The smallest absolute Gasteiger partial charge is 0.0543 e. The van der Waals surface area contributed by atoms with E-state index in [4.69, 9.17) is 4.74 Å². The Bertz CT molecular complexity index is 2390. The SMILES string of the molecule is CCCC(C)OC.CCc1ccccc1.Cc1cc2c3cc(C)c(C)cc3c3cc(C)c(C)cc3c2cc1C.Cc1cc2c3cc(C)c(C)cc3c3cc(C)c(C)cc3c2cc1C. The summed E-state index contributed by atoms with van der Waals surface area (Å²) in [6.07, 6.45) is 3.98. The van der Waals surface area contributed by atoms with Crippen LogP contribution in [0.1, 0.15) is 106 Å². The lowest BCUT2D eigenvalue weighted by atomic mass is 9.88. The van der Waals surface area contributed by atoms with Crippen LogP contribution in [0.15, 0.2) is 103 Å². The molecule has 9 aromatic carbocycles. The van der Waals surface area contributed by atoms with Crippen molar-refractivity contribution in [2.24, 2.45) is 0 Å². The molecule has 0 saturated carbocycles. The highest BCUT2D eigenvalue weighted by Gasteiger charge is 2.14. The summed E-state index contributed by atoms with van der Waals surface area (Å²) in [6, 6.07) is 38.9. The van der Waals surface area contributed by atoms with Crippen LogP contribution in [0, 0.1) is 83.1 Å². The third-order valence-electron chi connectivity index (χ3n) is 13.9. The van der Waals surface area contributed by atoms with E-state index in [1.165, 1.54) is 150 Å². The Hall–Kier alpha value is -5.50. The molecule has 0 fully saturated rings. The molecule has 9 aromatic rings. The van der Waals surface area contributed by atoms with Crippen molar-refractivity contribution >= 4 is 64.6 Å². The Morgan fingerprint density at radius 2 is 0.524 bits per heavy atom. The minimum Gasteiger partial charge on any atom is -0.382 e. The molecule has 1 nitrogen and oxygen atoms in total. The maximum atomic E-state index is 4.99. The fraction of sp³-hybridized carbons (Fsp3) is 0.323. The van der Waals surface area contributed by atoms with Crippen LogP contribution in [-0.2, 0) is 11.2 Å². The summed E-state index contributed by atoms with van der Waals surface area (Å²) in [5.41, 5.74) is 17.8. The molecule has 0 saturated heterocycles. The molecule has 0 aromatic heterocycles. The van der Waals surface area contributed by atoms with E-state index >= 15 is 0 Å². The van der Waals surface area contributed by atoms with Crippen molar-refractivity contribution in [2.45, 2.75) is 129 Å². The number of hydrogen-bond donors (Lipinski definition) is 0. The van der Waals surface area contributed by atoms with Crippen LogP contribution in [0.25, 0.3) is 64.6 Å². The van der Waals surface area contributed by atoms with Crippen molar-refractivity contribution in [3.8, 4) is 0 Å². The van der Waals surface area contributed by atoms with E-state index in [0.717, 1.165) is 6.42 Å². The molecule has 63 heavy (non-hydrogen) atoms. The molecule has 326 valence electrons. The number of rotatable bonds is 4. The number of methoxy groups -OCH3 is 1. The molecule has 0 aliphatic carbocycles. The molecular formula is C62H72O. The van der Waals surface area contributed by atoms with Crippen molar-refractivity contribution < 1.29 is 4.74 Å². The standard InChI is InChI=1S/2C24H24.C8H10.C6H14O/c2*1-13-7-19-20(8-14(13)2)22-10-16(4)18(6)12-24(22)23-11-17(5)15(3)9-21(19)23;1-2-8-6-4-3-5-7-8;1-4-5-6(2)7-3/h2*7-12H,1-6H3;3-7H,2H2,1H3;6H,4-5H2,1-3H3. The van der Waals surface area contributed by atoms with Gasteiger partial charge >= 0.3 is 0 Å². The second kappa shape index (κ2) is 19.9. The van der Waals surface area contributed by atoms with Crippen LogP contribution >= 0.6 is 0 Å². The van der Waals surface area contributed by atoms with E-state index in [1.54, 1.807) is 7.11 Å². The van der Waals surface area contributed by atoms with Crippen molar-refractivity contribution in [2.75, 3.05) is 7.11 Å². The summed E-state index contributed by atoms with van der Waals surface area (Å²) >= 11 is 0.